The zero-order chi connectivity index (χ0) is 15.2. The molecule has 0 heterocycles. The molecule has 21 heavy (non-hydrogen) atoms. The highest BCUT2D eigenvalue weighted by atomic mass is 19.1. The maximum atomic E-state index is 14.1. The van der Waals surface area contributed by atoms with Crippen LogP contribution in [-0.2, 0) is 6.61 Å². The topological polar surface area (TPSA) is 30.5 Å². The molecule has 0 aliphatic carbocycles. The highest BCUT2D eigenvalue weighted by Gasteiger charge is 2.12. The van der Waals surface area contributed by atoms with Crippen LogP contribution in [-0.4, -0.2) is 14.2 Å². The van der Waals surface area contributed by atoms with Gasteiger partial charge in [0.25, 0.3) is 0 Å². The normalized spacial score (nSPS) is 12.0. The molecule has 0 aromatic heterocycles. The predicted molar refractivity (Wildman–Crippen MR) is 81.2 cm³/mol. The molecule has 0 spiro atoms. The van der Waals surface area contributed by atoms with Crippen molar-refractivity contribution in [3.63, 3.8) is 0 Å². The standard InChI is InChI=1S/C17H20FNO2/c1-12(19-2)14-8-4-5-9-15(14)21-11-13-7-6-10-16(20-3)17(13)18/h4-10,12,19H,11H2,1-3H3. The van der Waals surface area contributed by atoms with Gasteiger partial charge in [-0.1, -0.05) is 30.3 Å². The molecule has 1 unspecified atom stereocenters. The fourth-order valence-corrected chi connectivity index (χ4v) is 2.11. The lowest BCUT2D eigenvalue weighted by atomic mass is 10.1. The monoisotopic (exact) mass is 289 g/mol. The third-order valence-electron chi connectivity index (χ3n) is 3.46. The largest absolute Gasteiger partial charge is 0.494 e. The van der Waals surface area contributed by atoms with Crippen molar-refractivity contribution in [2.24, 2.45) is 0 Å². The van der Waals surface area contributed by atoms with Crippen molar-refractivity contribution in [3.05, 3.63) is 59.4 Å². The maximum Gasteiger partial charge on any atom is 0.171 e. The first kappa shape index (κ1) is 15.3. The van der Waals surface area contributed by atoms with E-state index in [4.69, 9.17) is 9.47 Å². The van der Waals surface area contributed by atoms with Gasteiger partial charge in [0, 0.05) is 17.2 Å². The number of nitrogens with one attached hydrogen (secondary N) is 1. The molecule has 0 radical (unpaired) electrons. The Morgan fingerprint density at radius 2 is 1.81 bits per heavy atom. The lowest BCUT2D eigenvalue weighted by Gasteiger charge is -2.16. The average molecular weight is 289 g/mol. The number of hydrogen-bond acceptors (Lipinski definition) is 3. The van der Waals surface area contributed by atoms with Crippen molar-refractivity contribution in [1.82, 2.24) is 5.32 Å². The van der Waals surface area contributed by atoms with Gasteiger partial charge in [-0.15, -0.1) is 0 Å². The second-order valence-electron chi connectivity index (χ2n) is 4.77. The molecule has 0 saturated carbocycles. The summed E-state index contributed by atoms with van der Waals surface area (Å²) in [4.78, 5) is 0. The molecule has 0 saturated heterocycles. The first-order chi connectivity index (χ1) is 10.2. The summed E-state index contributed by atoms with van der Waals surface area (Å²) in [5.74, 6) is 0.605. The van der Waals surface area contributed by atoms with Crippen LogP contribution in [0.25, 0.3) is 0 Å². The number of ether oxygens (including phenoxy) is 2. The van der Waals surface area contributed by atoms with E-state index in [1.54, 1.807) is 18.2 Å². The summed E-state index contributed by atoms with van der Waals surface area (Å²) in [6.45, 7) is 2.21. The Labute approximate surface area is 124 Å². The van der Waals surface area contributed by atoms with Gasteiger partial charge in [0.05, 0.1) is 7.11 Å². The number of para-hydroxylation sites is 1. The lowest BCUT2D eigenvalue weighted by molar-refractivity contribution is 0.290. The number of rotatable bonds is 6. The van der Waals surface area contributed by atoms with Crippen LogP contribution in [0.15, 0.2) is 42.5 Å². The molecule has 2 rings (SSSR count). The van der Waals surface area contributed by atoms with Gasteiger partial charge in [-0.2, -0.15) is 0 Å². The van der Waals surface area contributed by atoms with Crippen molar-refractivity contribution in [1.29, 1.82) is 0 Å². The minimum atomic E-state index is -0.376. The van der Waals surface area contributed by atoms with Crippen molar-refractivity contribution in [2.45, 2.75) is 19.6 Å². The zero-order valence-electron chi connectivity index (χ0n) is 12.5. The van der Waals surface area contributed by atoms with Gasteiger partial charge in [0.2, 0.25) is 0 Å². The third-order valence-corrected chi connectivity index (χ3v) is 3.46. The highest BCUT2D eigenvalue weighted by molar-refractivity contribution is 5.36. The number of hydrogen-bond donors (Lipinski definition) is 1. The van der Waals surface area contributed by atoms with E-state index >= 15 is 0 Å². The van der Waals surface area contributed by atoms with Gasteiger partial charge in [0.1, 0.15) is 12.4 Å². The minimum absolute atomic E-state index is 0.163. The van der Waals surface area contributed by atoms with Crippen molar-refractivity contribution >= 4 is 0 Å². The van der Waals surface area contributed by atoms with Gasteiger partial charge in [-0.05, 0) is 26.1 Å². The van der Waals surface area contributed by atoms with Crippen molar-refractivity contribution in [3.8, 4) is 11.5 Å². The van der Waals surface area contributed by atoms with Crippen LogP contribution in [0.1, 0.15) is 24.1 Å². The van der Waals surface area contributed by atoms with E-state index in [9.17, 15) is 4.39 Å². The molecule has 0 aliphatic rings. The summed E-state index contributed by atoms with van der Waals surface area (Å²) in [5, 5.41) is 3.18. The summed E-state index contributed by atoms with van der Waals surface area (Å²) in [5.41, 5.74) is 1.52. The zero-order valence-corrected chi connectivity index (χ0v) is 12.5. The minimum Gasteiger partial charge on any atom is -0.494 e. The Bertz CT molecular complexity index is 601. The first-order valence-corrected chi connectivity index (χ1v) is 6.87. The molecule has 2 aromatic carbocycles. The lowest BCUT2D eigenvalue weighted by Crippen LogP contribution is -2.13. The molecule has 0 bridgehead atoms. The van der Waals surface area contributed by atoms with Gasteiger partial charge < -0.3 is 14.8 Å². The molecule has 1 N–H and O–H groups in total. The average Bonchev–Trinajstić information content (AvgIpc) is 2.53. The van der Waals surface area contributed by atoms with Crippen LogP contribution in [0.5, 0.6) is 11.5 Å². The van der Waals surface area contributed by atoms with E-state index in [-0.39, 0.29) is 24.2 Å². The Morgan fingerprint density at radius 1 is 1.10 bits per heavy atom. The second-order valence-corrected chi connectivity index (χ2v) is 4.77. The van der Waals surface area contributed by atoms with Crippen LogP contribution in [0.3, 0.4) is 0 Å². The summed E-state index contributed by atoms with van der Waals surface area (Å²) >= 11 is 0. The van der Waals surface area contributed by atoms with E-state index < -0.39 is 0 Å². The molecule has 2 aromatic rings. The molecule has 0 amide bonds. The van der Waals surface area contributed by atoms with Gasteiger partial charge in [-0.3, -0.25) is 0 Å². The van der Waals surface area contributed by atoms with Crippen LogP contribution < -0.4 is 14.8 Å². The summed E-state index contributed by atoms with van der Waals surface area (Å²) in [6, 6.07) is 13.0. The number of halogens is 1. The molecular formula is C17H20FNO2. The van der Waals surface area contributed by atoms with Crippen molar-refractivity contribution in [2.75, 3.05) is 14.2 Å². The Morgan fingerprint density at radius 3 is 2.52 bits per heavy atom. The first-order valence-electron chi connectivity index (χ1n) is 6.87. The number of benzene rings is 2. The Hall–Kier alpha value is -2.07. The van der Waals surface area contributed by atoms with E-state index in [0.717, 1.165) is 11.3 Å². The summed E-state index contributed by atoms with van der Waals surface area (Å²) in [7, 11) is 3.34. The van der Waals surface area contributed by atoms with Crippen LogP contribution in [0.4, 0.5) is 4.39 Å². The Balaban J connectivity index is 2.17. The molecular weight excluding hydrogens is 269 g/mol. The van der Waals surface area contributed by atoms with Gasteiger partial charge in [-0.25, -0.2) is 4.39 Å². The van der Waals surface area contributed by atoms with E-state index in [1.165, 1.54) is 7.11 Å². The van der Waals surface area contributed by atoms with Gasteiger partial charge >= 0.3 is 0 Å². The second kappa shape index (κ2) is 7.09. The van der Waals surface area contributed by atoms with Gasteiger partial charge in [0.15, 0.2) is 11.6 Å². The molecule has 112 valence electrons. The van der Waals surface area contributed by atoms with Crippen LogP contribution in [0.2, 0.25) is 0 Å². The third kappa shape index (κ3) is 3.52. The number of methoxy groups -OCH3 is 1. The highest BCUT2D eigenvalue weighted by Crippen LogP contribution is 2.26. The van der Waals surface area contributed by atoms with E-state index in [0.29, 0.717) is 5.56 Å². The fourth-order valence-electron chi connectivity index (χ4n) is 2.11. The molecule has 3 nitrogen and oxygen atoms in total. The maximum absolute atomic E-state index is 14.1. The fraction of sp³-hybridized carbons (Fsp3) is 0.294. The predicted octanol–water partition coefficient (Wildman–Crippen LogP) is 3.69. The van der Waals surface area contributed by atoms with E-state index in [1.807, 2.05) is 38.2 Å². The van der Waals surface area contributed by atoms with Crippen LogP contribution in [0, 0.1) is 5.82 Å². The molecule has 1 atom stereocenters. The molecule has 4 heteroatoms. The van der Waals surface area contributed by atoms with E-state index in [2.05, 4.69) is 5.32 Å². The SMILES string of the molecule is CNC(C)c1ccccc1OCc1cccc(OC)c1F. The van der Waals surface area contributed by atoms with Crippen molar-refractivity contribution < 1.29 is 13.9 Å². The molecule has 0 aliphatic heterocycles. The van der Waals surface area contributed by atoms with Crippen LogP contribution >= 0.6 is 0 Å². The summed E-state index contributed by atoms with van der Waals surface area (Å²) < 4.78 is 24.9. The molecule has 0 fully saturated rings. The quantitative estimate of drug-likeness (QED) is 0.879. The smallest absolute Gasteiger partial charge is 0.171 e. The Kier molecular flexibility index (Phi) is 5.17. The summed E-state index contributed by atoms with van der Waals surface area (Å²) in [6.07, 6.45) is 0.